The van der Waals surface area contributed by atoms with Crippen molar-refractivity contribution in [3.05, 3.63) is 55.7 Å². The molecule has 1 aliphatic rings. The molecule has 1 N–H and O–H groups in total. The van der Waals surface area contributed by atoms with Gasteiger partial charge in [-0.3, -0.25) is 9.69 Å². The summed E-state index contributed by atoms with van der Waals surface area (Å²) in [5, 5.41) is 10.4. The molecule has 2 heterocycles. The van der Waals surface area contributed by atoms with Crippen LogP contribution >= 0.6 is 34.5 Å². The van der Waals surface area contributed by atoms with Crippen molar-refractivity contribution in [2.24, 2.45) is 5.92 Å². The van der Waals surface area contributed by atoms with Crippen molar-refractivity contribution < 1.29 is 9.90 Å². The lowest BCUT2D eigenvalue weighted by atomic mass is 9.94. The van der Waals surface area contributed by atoms with Crippen molar-refractivity contribution in [2.45, 2.75) is 32.2 Å². The number of carboxylic acids is 1. The lowest BCUT2D eigenvalue weighted by Gasteiger charge is -2.36. The number of carbonyl (C=O) groups is 1. The second kappa shape index (κ2) is 8.09. The van der Waals surface area contributed by atoms with Crippen LogP contribution in [0, 0.1) is 5.92 Å². The van der Waals surface area contributed by atoms with E-state index in [1.54, 1.807) is 17.4 Å². The van der Waals surface area contributed by atoms with E-state index in [-0.39, 0.29) is 12.0 Å². The van der Waals surface area contributed by atoms with Gasteiger partial charge in [-0.15, -0.1) is 11.3 Å². The largest absolute Gasteiger partial charge is 0.481 e. The monoisotopic (exact) mass is 397 g/mol. The first-order valence-corrected chi connectivity index (χ1v) is 10.1. The van der Waals surface area contributed by atoms with Crippen LogP contribution in [0.4, 0.5) is 0 Å². The van der Waals surface area contributed by atoms with Gasteiger partial charge in [-0.25, -0.2) is 0 Å². The van der Waals surface area contributed by atoms with Gasteiger partial charge in [0.2, 0.25) is 0 Å². The summed E-state index contributed by atoms with van der Waals surface area (Å²) < 4.78 is 0. The molecule has 1 aliphatic heterocycles. The first-order valence-electron chi connectivity index (χ1n) is 8.50. The zero-order valence-corrected chi connectivity index (χ0v) is 16.4. The van der Waals surface area contributed by atoms with Crippen LogP contribution in [-0.2, 0) is 11.2 Å². The summed E-state index contributed by atoms with van der Waals surface area (Å²) >= 11 is 14.6. The topological polar surface area (TPSA) is 40.5 Å². The highest BCUT2D eigenvalue weighted by molar-refractivity contribution is 7.12. The van der Waals surface area contributed by atoms with Crippen molar-refractivity contribution in [1.82, 2.24) is 4.90 Å². The van der Waals surface area contributed by atoms with Crippen molar-refractivity contribution >= 4 is 40.5 Å². The summed E-state index contributed by atoms with van der Waals surface area (Å²) in [6, 6.07) is 10.1. The molecule has 0 bridgehead atoms. The summed E-state index contributed by atoms with van der Waals surface area (Å²) in [5.74, 6) is -0.942. The number of halogens is 2. The Morgan fingerprint density at radius 2 is 2.00 bits per heavy atom. The van der Waals surface area contributed by atoms with E-state index in [1.165, 1.54) is 9.75 Å². The van der Waals surface area contributed by atoms with E-state index in [4.69, 9.17) is 23.2 Å². The van der Waals surface area contributed by atoms with Gasteiger partial charge in [0.1, 0.15) is 0 Å². The van der Waals surface area contributed by atoms with Gasteiger partial charge in [-0.2, -0.15) is 0 Å². The van der Waals surface area contributed by atoms with Crippen LogP contribution in [0.5, 0.6) is 0 Å². The number of hydrogen-bond acceptors (Lipinski definition) is 3. The molecule has 25 heavy (non-hydrogen) atoms. The van der Waals surface area contributed by atoms with Crippen LogP contribution in [0.3, 0.4) is 0 Å². The fourth-order valence-corrected chi connectivity index (χ4v) is 4.92. The smallest absolute Gasteiger partial charge is 0.306 e. The molecule has 2 aromatic rings. The minimum Gasteiger partial charge on any atom is -0.481 e. The Labute approximate surface area is 162 Å². The van der Waals surface area contributed by atoms with E-state index in [9.17, 15) is 9.90 Å². The second-order valence-corrected chi connectivity index (χ2v) is 8.34. The Morgan fingerprint density at radius 1 is 1.28 bits per heavy atom. The lowest BCUT2D eigenvalue weighted by Crippen LogP contribution is -2.39. The number of nitrogens with zero attached hydrogens (tertiary/aromatic N) is 1. The number of benzene rings is 1. The molecule has 1 saturated heterocycles. The number of aliphatic carboxylic acids is 1. The zero-order chi connectivity index (χ0) is 18.0. The van der Waals surface area contributed by atoms with Crippen LogP contribution < -0.4 is 0 Å². The second-order valence-electron chi connectivity index (χ2n) is 6.35. The molecule has 0 radical (unpaired) electrons. The molecule has 6 heteroatoms. The summed E-state index contributed by atoms with van der Waals surface area (Å²) in [6.45, 7) is 3.63. The van der Waals surface area contributed by atoms with Crippen LogP contribution in [0.15, 0.2) is 30.3 Å². The Morgan fingerprint density at radius 3 is 2.60 bits per heavy atom. The van der Waals surface area contributed by atoms with Crippen LogP contribution in [0.25, 0.3) is 0 Å². The Balaban J connectivity index is 1.95. The number of likely N-dealkylation sites (tertiary alicyclic amines) is 1. The van der Waals surface area contributed by atoms with Gasteiger partial charge in [0.15, 0.2) is 0 Å². The molecule has 1 unspecified atom stereocenters. The van der Waals surface area contributed by atoms with Crippen LogP contribution in [-0.4, -0.2) is 29.1 Å². The van der Waals surface area contributed by atoms with Crippen molar-refractivity contribution in [2.75, 3.05) is 13.1 Å². The van der Waals surface area contributed by atoms with Crippen molar-refractivity contribution in [3.8, 4) is 0 Å². The molecule has 1 fully saturated rings. The standard InChI is InChI=1S/C19H21Cl2NO2S/c1-2-13-6-7-16(25-13)18(14-4-3-5-15(20)17(14)21)22-10-8-12(9-11-22)19(23)24/h3-7,12,18H,2,8-11H2,1H3,(H,23,24). The molecule has 3 rings (SSSR count). The molecule has 3 nitrogen and oxygen atoms in total. The van der Waals surface area contributed by atoms with E-state index in [0.29, 0.717) is 22.9 Å². The third-order valence-corrected chi connectivity index (χ3v) is 6.94. The first-order chi connectivity index (χ1) is 12.0. The van der Waals surface area contributed by atoms with Gasteiger partial charge in [0.05, 0.1) is 22.0 Å². The van der Waals surface area contributed by atoms with Crippen molar-refractivity contribution in [1.29, 1.82) is 0 Å². The lowest BCUT2D eigenvalue weighted by molar-refractivity contribution is -0.143. The molecular weight excluding hydrogens is 377 g/mol. The molecule has 1 aromatic heterocycles. The fraction of sp³-hybridized carbons (Fsp3) is 0.421. The number of rotatable bonds is 5. The van der Waals surface area contributed by atoms with Gasteiger partial charge >= 0.3 is 5.97 Å². The maximum absolute atomic E-state index is 11.3. The molecule has 0 aliphatic carbocycles. The van der Waals surface area contributed by atoms with E-state index in [0.717, 1.165) is 25.1 Å². The Bertz CT molecular complexity index is 754. The number of carboxylic acid groups (broad SMARTS) is 1. The summed E-state index contributed by atoms with van der Waals surface area (Å²) in [5.41, 5.74) is 0.993. The third-order valence-electron chi connectivity index (χ3n) is 4.82. The predicted octanol–water partition coefficient (Wildman–Crippen LogP) is 5.50. The normalized spacial score (nSPS) is 17.6. The van der Waals surface area contributed by atoms with Gasteiger partial charge in [-0.05, 0) is 56.1 Å². The number of aryl methyl sites for hydroxylation is 1. The average molecular weight is 398 g/mol. The van der Waals surface area contributed by atoms with Crippen LogP contribution in [0.1, 0.15) is 41.1 Å². The fourth-order valence-electron chi connectivity index (χ4n) is 3.40. The van der Waals surface area contributed by atoms with Gasteiger partial charge in [0, 0.05) is 9.75 Å². The van der Waals surface area contributed by atoms with Gasteiger partial charge < -0.3 is 5.11 Å². The molecule has 134 valence electrons. The minimum absolute atomic E-state index is 0.0197. The Hall–Kier alpha value is -1.07. The number of piperidine rings is 1. The highest BCUT2D eigenvalue weighted by Crippen LogP contribution is 2.40. The summed E-state index contributed by atoms with van der Waals surface area (Å²) in [4.78, 5) is 16.2. The average Bonchev–Trinajstić information content (AvgIpc) is 3.08. The van der Waals surface area contributed by atoms with Crippen LogP contribution in [0.2, 0.25) is 10.0 Å². The quantitative estimate of drug-likeness (QED) is 0.723. The van der Waals surface area contributed by atoms with E-state index < -0.39 is 5.97 Å². The van der Waals surface area contributed by atoms with E-state index in [2.05, 4.69) is 24.0 Å². The highest BCUT2D eigenvalue weighted by Gasteiger charge is 2.32. The minimum atomic E-state index is -0.693. The van der Waals surface area contributed by atoms with E-state index in [1.807, 2.05) is 12.1 Å². The maximum atomic E-state index is 11.3. The number of hydrogen-bond donors (Lipinski definition) is 1. The summed E-state index contributed by atoms with van der Waals surface area (Å²) in [6.07, 6.45) is 2.33. The van der Waals surface area contributed by atoms with Crippen molar-refractivity contribution in [3.63, 3.8) is 0 Å². The SMILES string of the molecule is CCc1ccc(C(c2cccc(Cl)c2Cl)N2CCC(C(=O)O)CC2)s1. The molecule has 1 atom stereocenters. The van der Waals surface area contributed by atoms with Gasteiger partial charge in [-0.1, -0.05) is 42.3 Å². The van der Waals surface area contributed by atoms with E-state index >= 15 is 0 Å². The highest BCUT2D eigenvalue weighted by atomic mass is 35.5. The maximum Gasteiger partial charge on any atom is 0.306 e. The molecular formula is C19H21Cl2NO2S. The van der Waals surface area contributed by atoms with Gasteiger partial charge in [0.25, 0.3) is 0 Å². The predicted molar refractivity (Wildman–Crippen MR) is 104 cm³/mol. The summed E-state index contributed by atoms with van der Waals surface area (Å²) in [7, 11) is 0. The molecule has 0 spiro atoms. The molecule has 0 saturated carbocycles. The third kappa shape index (κ3) is 4.03. The first kappa shape index (κ1) is 18.7. The number of thiophene rings is 1. The Kier molecular flexibility index (Phi) is 6.05. The molecule has 1 aromatic carbocycles. The molecule has 0 amide bonds. The zero-order valence-electron chi connectivity index (χ0n) is 14.0.